The molecule has 11 nitrogen and oxygen atoms in total. The predicted molar refractivity (Wildman–Crippen MR) is 195 cm³/mol. The monoisotopic (exact) mass is 784 g/mol. The number of imidazole rings is 2. The number of halogens is 6. The van der Waals surface area contributed by atoms with Crippen LogP contribution in [0.2, 0.25) is 0 Å². The number of aromatic nitrogens is 6. The minimum atomic E-state index is -4.55. The molecule has 56 heavy (non-hydrogen) atoms. The molecule has 6 aromatic rings. The minimum Gasteiger partial charge on any atom is -0.465 e. The van der Waals surface area contributed by atoms with Crippen molar-refractivity contribution in [2.45, 2.75) is 38.0 Å². The van der Waals surface area contributed by atoms with Crippen LogP contribution in [0.5, 0.6) is 0 Å². The lowest BCUT2D eigenvalue weighted by atomic mass is 9.96. The highest BCUT2D eigenvalue weighted by Crippen LogP contribution is 2.38. The summed E-state index contributed by atoms with van der Waals surface area (Å²) >= 11 is 0. The molecule has 0 saturated carbocycles. The van der Waals surface area contributed by atoms with E-state index >= 15 is 0 Å². The second-order valence-electron chi connectivity index (χ2n) is 12.8. The van der Waals surface area contributed by atoms with Gasteiger partial charge >= 0.3 is 18.3 Å². The number of methoxy groups -OCH3 is 3. The molecule has 4 aromatic heterocycles. The lowest BCUT2D eigenvalue weighted by Crippen LogP contribution is -2.12. The van der Waals surface area contributed by atoms with Gasteiger partial charge in [-0.1, -0.05) is 0 Å². The van der Waals surface area contributed by atoms with E-state index in [1.54, 1.807) is 48.1 Å². The van der Waals surface area contributed by atoms with Crippen molar-refractivity contribution in [3.8, 4) is 22.8 Å². The zero-order chi connectivity index (χ0) is 40.8. The van der Waals surface area contributed by atoms with Gasteiger partial charge in [0.1, 0.15) is 0 Å². The first-order valence-corrected chi connectivity index (χ1v) is 17.2. The molecule has 0 radical (unpaired) electrons. The molecule has 2 aromatic carbocycles. The molecule has 0 spiro atoms. The van der Waals surface area contributed by atoms with Crippen molar-refractivity contribution >= 4 is 34.1 Å². The molecule has 17 heteroatoms. The van der Waals surface area contributed by atoms with E-state index in [0.29, 0.717) is 65.9 Å². The van der Waals surface area contributed by atoms with E-state index in [-0.39, 0.29) is 46.1 Å². The van der Waals surface area contributed by atoms with E-state index in [1.165, 1.54) is 45.7 Å². The second-order valence-corrected chi connectivity index (χ2v) is 12.8. The molecule has 4 heterocycles. The van der Waals surface area contributed by atoms with E-state index in [1.807, 2.05) is 0 Å². The van der Waals surface area contributed by atoms with Crippen LogP contribution in [0.25, 0.3) is 44.6 Å². The summed E-state index contributed by atoms with van der Waals surface area (Å²) in [6, 6.07) is 7.88. The fraction of sp³-hybridized carbons (Fsp3) is 0.333. The molecule has 296 valence electrons. The second kappa shape index (κ2) is 17.4. The van der Waals surface area contributed by atoms with Gasteiger partial charge in [0.2, 0.25) is 0 Å². The van der Waals surface area contributed by atoms with Crippen LogP contribution in [0.1, 0.15) is 55.8 Å². The SMILES string of the molecule is COCCCc1cc2c(C(=O)OC)cc(-c3cncn3C)nc2cc1C(F)(F)F.COCCCc1cc2c(C=O)cc(-c3cncn3C)nc2cc1C(F)(F)F. The lowest BCUT2D eigenvalue weighted by Gasteiger charge is -2.16. The van der Waals surface area contributed by atoms with Crippen molar-refractivity contribution in [2.75, 3.05) is 34.5 Å². The zero-order valence-electron chi connectivity index (χ0n) is 31.1. The predicted octanol–water partition coefficient (Wildman–Crippen LogP) is 8.07. The highest BCUT2D eigenvalue weighted by Gasteiger charge is 2.35. The highest BCUT2D eigenvalue weighted by molar-refractivity contribution is 6.05. The van der Waals surface area contributed by atoms with Gasteiger partial charge in [-0.15, -0.1) is 0 Å². The molecule has 0 saturated heterocycles. The van der Waals surface area contributed by atoms with Crippen LogP contribution >= 0.6 is 0 Å². The summed E-state index contributed by atoms with van der Waals surface area (Å²) in [4.78, 5) is 40.7. The molecular formula is C39H38F6N6O5. The van der Waals surface area contributed by atoms with Crippen LogP contribution in [0.15, 0.2) is 61.4 Å². The molecule has 0 unspecified atom stereocenters. The number of benzene rings is 2. The Balaban J connectivity index is 0.000000215. The van der Waals surface area contributed by atoms with Crippen LogP contribution in [-0.4, -0.2) is 75.9 Å². The van der Waals surface area contributed by atoms with E-state index in [2.05, 4.69) is 19.9 Å². The number of alkyl halides is 6. The highest BCUT2D eigenvalue weighted by atomic mass is 19.4. The summed E-state index contributed by atoms with van der Waals surface area (Å²) in [7, 11) is 7.69. The van der Waals surface area contributed by atoms with Gasteiger partial charge in [0.05, 0.1) is 82.7 Å². The topological polar surface area (TPSA) is 123 Å². The Bertz CT molecular complexity index is 2350. The lowest BCUT2D eigenvalue weighted by molar-refractivity contribution is -0.139. The smallest absolute Gasteiger partial charge is 0.416 e. The fourth-order valence-corrected chi connectivity index (χ4v) is 6.26. The molecular weight excluding hydrogens is 746 g/mol. The Labute approximate surface area is 317 Å². The average Bonchev–Trinajstić information content (AvgIpc) is 3.80. The van der Waals surface area contributed by atoms with Crippen molar-refractivity contribution in [3.63, 3.8) is 0 Å². The summed E-state index contributed by atoms with van der Waals surface area (Å²) < 4.78 is 99.8. The van der Waals surface area contributed by atoms with Gasteiger partial charge in [-0.05, 0) is 73.2 Å². The maximum atomic E-state index is 13.7. The first-order valence-electron chi connectivity index (χ1n) is 17.2. The van der Waals surface area contributed by atoms with Gasteiger partial charge in [0.25, 0.3) is 0 Å². The van der Waals surface area contributed by atoms with E-state index in [9.17, 15) is 35.9 Å². The third-order valence-corrected chi connectivity index (χ3v) is 8.99. The number of hydrogen-bond acceptors (Lipinski definition) is 9. The third-order valence-electron chi connectivity index (χ3n) is 8.99. The van der Waals surface area contributed by atoms with Gasteiger partial charge in [-0.25, -0.2) is 24.7 Å². The molecule has 6 rings (SSSR count). The maximum absolute atomic E-state index is 13.7. The van der Waals surface area contributed by atoms with Crippen molar-refractivity contribution in [2.24, 2.45) is 14.1 Å². The number of aryl methyl sites for hydroxylation is 4. The quantitative estimate of drug-likeness (QED) is 0.0525. The first-order chi connectivity index (χ1) is 26.6. The molecule has 0 bridgehead atoms. The number of carbonyl (C=O) groups excluding carboxylic acids is 2. The Morgan fingerprint density at radius 1 is 0.696 bits per heavy atom. The van der Waals surface area contributed by atoms with Gasteiger partial charge < -0.3 is 23.3 Å². The van der Waals surface area contributed by atoms with Crippen LogP contribution in [0.3, 0.4) is 0 Å². The number of ether oxygens (including phenoxy) is 3. The summed E-state index contributed by atoms with van der Waals surface area (Å²) in [5.74, 6) is -0.650. The molecule has 0 amide bonds. The van der Waals surface area contributed by atoms with Crippen LogP contribution in [0.4, 0.5) is 26.3 Å². The summed E-state index contributed by atoms with van der Waals surface area (Å²) in [6.07, 6.45) is -1.04. The largest absolute Gasteiger partial charge is 0.465 e. The van der Waals surface area contributed by atoms with Crippen LogP contribution in [0, 0.1) is 0 Å². The van der Waals surface area contributed by atoms with E-state index < -0.39 is 29.4 Å². The number of hydrogen-bond donors (Lipinski definition) is 0. The number of fused-ring (bicyclic) bond motifs is 2. The first kappa shape index (κ1) is 41.5. The minimum absolute atomic E-state index is 0.0620. The van der Waals surface area contributed by atoms with Gasteiger partial charge in [-0.3, -0.25) is 4.79 Å². The Morgan fingerprint density at radius 2 is 1.16 bits per heavy atom. The maximum Gasteiger partial charge on any atom is 0.416 e. The normalized spacial score (nSPS) is 11.8. The van der Waals surface area contributed by atoms with Crippen molar-refractivity contribution in [3.05, 3.63) is 94.8 Å². The number of rotatable bonds is 12. The molecule has 0 aliphatic heterocycles. The standard InChI is InChI=1S/C20H20F3N3O3.C19H18F3N3O2/c1-26-11-24-10-18(26)17-8-14(19(27)29-3)13-7-12(5-4-6-28-2)15(20(21,22)23)9-16(13)25-17;1-25-11-23-9-18(25)17-7-13(10-26)14-6-12(4-3-5-27-2)15(19(20,21)22)8-16(14)24-17/h7-11H,4-6H2,1-3H3;6-11H,3-5H2,1-2H3. The molecule has 0 atom stereocenters. The van der Waals surface area contributed by atoms with E-state index in [4.69, 9.17) is 14.2 Å². The van der Waals surface area contributed by atoms with Crippen LogP contribution in [-0.2, 0) is 53.5 Å². The number of nitrogens with zero attached hydrogens (tertiary/aromatic N) is 6. The summed E-state index contributed by atoms with van der Waals surface area (Å²) in [5, 5.41) is 0.708. The number of esters is 1. The molecule has 0 aliphatic rings. The Hall–Kier alpha value is -5.68. The molecule has 0 fully saturated rings. The van der Waals surface area contributed by atoms with Gasteiger partial charge in [0.15, 0.2) is 6.29 Å². The number of carbonyl (C=O) groups is 2. The van der Waals surface area contributed by atoms with Gasteiger partial charge in [-0.2, -0.15) is 26.3 Å². The van der Waals surface area contributed by atoms with Crippen molar-refractivity contribution in [1.82, 2.24) is 29.1 Å². The summed E-state index contributed by atoms with van der Waals surface area (Å²) in [5.41, 5.74) is 1.23. The van der Waals surface area contributed by atoms with Crippen molar-refractivity contribution < 1.29 is 50.1 Å². The number of pyridine rings is 2. The Kier molecular flexibility index (Phi) is 12.9. The average molecular weight is 785 g/mol. The third kappa shape index (κ3) is 9.22. The van der Waals surface area contributed by atoms with Crippen LogP contribution < -0.4 is 0 Å². The zero-order valence-corrected chi connectivity index (χ0v) is 31.1. The molecule has 0 aliphatic carbocycles. The van der Waals surface area contributed by atoms with Gasteiger partial charge in [0, 0.05) is 57.9 Å². The summed E-state index contributed by atoms with van der Waals surface area (Å²) in [6.45, 7) is 0.685. The van der Waals surface area contributed by atoms with E-state index in [0.717, 1.165) is 12.1 Å². The van der Waals surface area contributed by atoms with Crippen molar-refractivity contribution in [1.29, 1.82) is 0 Å². The fourth-order valence-electron chi connectivity index (χ4n) is 6.26. The molecule has 0 N–H and O–H groups in total. The Morgan fingerprint density at radius 3 is 1.57 bits per heavy atom. The number of aldehydes is 1.